The van der Waals surface area contributed by atoms with E-state index in [1.54, 1.807) is 17.0 Å². The van der Waals surface area contributed by atoms with Crippen LogP contribution in [0.1, 0.15) is 38.4 Å². The Morgan fingerprint density at radius 3 is 2.43 bits per heavy atom. The van der Waals surface area contributed by atoms with Crippen molar-refractivity contribution in [1.82, 2.24) is 9.88 Å². The average molecular weight is 516 g/mol. The van der Waals surface area contributed by atoms with Gasteiger partial charge in [-0.3, -0.25) is 4.79 Å². The summed E-state index contributed by atoms with van der Waals surface area (Å²) in [6.07, 6.45) is 1.26. The van der Waals surface area contributed by atoms with Crippen LogP contribution in [0.4, 0.5) is 5.69 Å². The molecule has 9 heteroatoms. The molecule has 4 aromatic rings. The van der Waals surface area contributed by atoms with Gasteiger partial charge in [-0.15, -0.1) is 0 Å². The molecule has 3 aromatic carbocycles. The van der Waals surface area contributed by atoms with Gasteiger partial charge in [0.05, 0.1) is 17.4 Å². The number of benzene rings is 3. The van der Waals surface area contributed by atoms with E-state index in [0.717, 1.165) is 34.0 Å². The van der Waals surface area contributed by atoms with Crippen molar-refractivity contribution in [2.45, 2.75) is 22.9 Å². The highest BCUT2D eigenvalue weighted by atomic mass is 32.2. The van der Waals surface area contributed by atoms with Crippen LogP contribution in [0.15, 0.2) is 77.7 Å². The van der Waals surface area contributed by atoms with E-state index in [1.807, 2.05) is 48.5 Å². The van der Waals surface area contributed by atoms with Crippen molar-refractivity contribution >= 4 is 38.3 Å². The number of nitrogens with one attached hydrogen (secondary N) is 2. The number of amides is 1. The zero-order valence-electron chi connectivity index (χ0n) is 20.3. The quantitative estimate of drug-likeness (QED) is 0.399. The first-order chi connectivity index (χ1) is 17.8. The van der Waals surface area contributed by atoms with E-state index in [0.29, 0.717) is 24.2 Å². The first kappa shape index (κ1) is 23.3. The van der Waals surface area contributed by atoms with Crippen LogP contribution in [0.3, 0.4) is 0 Å². The van der Waals surface area contributed by atoms with Crippen LogP contribution in [0.5, 0.6) is 0 Å². The smallest absolute Gasteiger partial charge is 0.354 e. The zero-order chi connectivity index (χ0) is 25.9. The van der Waals surface area contributed by atoms with Crippen molar-refractivity contribution in [3.63, 3.8) is 0 Å². The van der Waals surface area contributed by atoms with Gasteiger partial charge in [-0.1, -0.05) is 36.4 Å². The minimum atomic E-state index is -3.38. The summed E-state index contributed by atoms with van der Waals surface area (Å²) in [5, 5.41) is 4.46. The molecule has 188 valence electrons. The second-order valence-corrected chi connectivity index (χ2v) is 11.5. The number of fused-ring (bicyclic) bond motifs is 4. The first-order valence-electron chi connectivity index (χ1n) is 11.9. The number of H-pyrrole nitrogens is 1. The summed E-state index contributed by atoms with van der Waals surface area (Å²) < 4.78 is 28.9. The fraction of sp³-hybridized carbons (Fsp3) is 0.214. The largest absolute Gasteiger partial charge is 0.464 e. The number of methoxy groups -OCH3 is 1. The summed E-state index contributed by atoms with van der Waals surface area (Å²) in [4.78, 5) is 32.0. The summed E-state index contributed by atoms with van der Waals surface area (Å²) in [6, 6.07) is 21.7. The SMILES string of the molecule is COC(=O)c1[nH]c2ccccc2c1[C@]12CCN(C(=O)c3ccc(S(C)(=O)=O)cc3)[C@H]1Nc1ccccc12. The van der Waals surface area contributed by atoms with Gasteiger partial charge < -0.3 is 19.9 Å². The monoisotopic (exact) mass is 515 g/mol. The van der Waals surface area contributed by atoms with Crippen LogP contribution < -0.4 is 5.32 Å². The van der Waals surface area contributed by atoms with Gasteiger partial charge >= 0.3 is 5.97 Å². The van der Waals surface area contributed by atoms with Gasteiger partial charge in [-0.25, -0.2) is 13.2 Å². The summed E-state index contributed by atoms with van der Waals surface area (Å²) in [6.45, 7) is 0.443. The molecule has 0 unspecified atom stereocenters. The van der Waals surface area contributed by atoms with E-state index in [1.165, 1.54) is 19.2 Å². The van der Waals surface area contributed by atoms with Crippen molar-refractivity contribution < 1.29 is 22.7 Å². The number of anilines is 1. The Kier molecular flexibility index (Phi) is 5.17. The number of nitrogens with zero attached hydrogens (tertiary/aromatic N) is 1. The third kappa shape index (κ3) is 3.37. The lowest BCUT2D eigenvalue weighted by Gasteiger charge is -2.33. The van der Waals surface area contributed by atoms with Crippen molar-refractivity contribution in [2.24, 2.45) is 0 Å². The van der Waals surface area contributed by atoms with Crippen LogP contribution >= 0.6 is 0 Å². The Bertz CT molecular complexity index is 1680. The molecule has 2 aliphatic heterocycles. The molecule has 1 saturated heterocycles. The maximum atomic E-state index is 13.8. The number of aromatic nitrogens is 1. The minimum Gasteiger partial charge on any atom is -0.464 e. The Morgan fingerprint density at radius 1 is 1.00 bits per heavy atom. The lowest BCUT2D eigenvalue weighted by atomic mass is 9.72. The average Bonchev–Trinajstić information content (AvgIpc) is 3.56. The van der Waals surface area contributed by atoms with Gasteiger partial charge in [0.15, 0.2) is 9.84 Å². The molecule has 6 rings (SSSR count). The van der Waals surface area contributed by atoms with E-state index >= 15 is 0 Å². The standard InChI is InChI=1S/C28H25N3O5S/c1-36-26(33)24-23(19-7-3-5-9-21(19)29-24)28-15-16-31(27(28)30-22-10-6-4-8-20(22)28)25(32)17-11-13-18(14-12-17)37(2,34)35/h3-14,27,29-30H,15-16H2,1-2H3/t27-,28-/m1/s1. The van der Waals surface area contributed by atoms with Crippen LogP contribution in [0, 0.1) is 0 Å². The van der Waals surface area contributed by atoms with Crippen LogP contribution in [-0.2, 0) is 20.0 Å². The molecule has 2 N–H and O–H groups in total. The topological polar surface area (TPSA) is 109 Å². The van der Waals surface area contributed by atoms with Crippen molar-refractivity contribution in [3.8, 4) is 0 Å². The number of likely N-dealkylation sites (tertiary alicyclic amines) is 1. The molecule has 2 atom stereocenters. The second-order valence-electron chi connectivity index (χ2n) is 9.52. The molecule has 37 heavy (non-hydrogen) atoms. The molecule has 1 aromatic heterocycles. The number of hydrogen-bond acceptors (Lipinski definition) is 6. The normalized spacial score (nSPS) is 20.4. The predicted octanol–water partition coefficient (Wildman–Crippen LogP) is 3.94. The molecule has 8 nitrogen and oxygen atoms in total. The number of ether oxygens (including phenoxy) is 1. The molecule has 2 aliphatic rings. The Morgan fingerprint density at radius 2 is 1.70 bits per heavy atom. The highest BCUT2D eigenvalue weighted by Crippen LogP contribution is 2.55. The summed E-state index contributed by atoms with van der Waals surface area (Å²) in [5.74, 6) is -0.684. The molecule has 3 heterocycles. The van der Waals surface area contributed by atoms with Crippen LogP contribution in [0.2, 0.25) is 0 Å². The van der Waals surface area contributed by atoms with Crippen molar-refractivity contribution in [3.05, 3.63) is 95.2 Å². The fourth-order valence-corrected chi connectivity index (χ4v) is 6.57. The molecule has 0 aliphatic carbocycles. The molecule has 0 bridgehead atoms. The number of carbonyl (C=O) groups excluding carboxylic acids is 2. The Balaban J connectivity index is 1.52. The van der Waals surface area contributed by atoms with Gasteiger partial charge in [0.1, 0.15) is 11.9 Å². The molecule has 1 fully saturated rings. The zero-order valence-corrected chi connectivity index (χ0v) is 21.1. The molecule has 0 spiro atoms. The van der Waals surface area contributed by atoms with Gasteiger partial charge in [-0.2, -0.15) is 0 Å². The van der Waals surface area contributed by atoms with E-state index in [9.17, 15) is 18.0 Å². The fourth-order valence-electron chi connectivity index (χ4n) is 5.94. The van der Waals surface area contributed by atoms with Gasteiger partial charge in [0.2, 0.25) is 0 Å². The predicted molar refractivity (Wildman–Crippen MR) is 139 cm³/mol. The Hall–Kier alpha value is -4.11. The third-order valence-corrected chi connectivity index (χ3v) is 8.69. The maximum Gasteiger partial charge on any atom is 0.354 e. The number of hydrogen-bond donors (Lipinski definition) is 2. The van der Waals surface area contributed by atoms with E-state index in [2.05, 4.69) is 10.3 Å². The van der Waals surface area contributed by atoms with Crippen molar-refractivity contribution in [1.29, 1.82) is 0 Å². The van der Waals surface area contributed by atoms with Gasteiger partial charge in [0, 0.05) is 40.5 Å². The lowest BCUT2D eigenvalue weighted by Crippen LogP contribution is -2.47. The first-order valence-corrected chi connectivity index (χ1v) is 13.8. The minimum absolute atomic E-state index is 0.160. The molecular formula is C28H25N3O5S. The number of sulfone groups is 1. The molecule has 0 radical (unpaired) electrons. The van der Waals surface area contributed by atoms with Gasteiger partial charge in [-0.05, 0) is 48.4 Å². The van der Waals surface area contributed by atoms with E-state index in [-0.39, 0.29) is 10.8 Å². The third-order valence-electron chi connectivity index (χ3n) is 7.56. The van der Waals surface area contributed by atoms with Crippen molar-refractivity contribution in [2.75, 3.05) is 25.2 Å². The molecule has 1 amide bonds. The summed E-state index contributed by atoms with van der Waals surface area (Å²) in [5.41, 5.74) is 3.60. The summed E-state index contributed by atoms with van der Waals surface area (Å²) in [7, 11) is -2.02. The second kappa shape index (κ2) is 8.21. The Labute approximate surface area is 214 Å². The van der Waals surface area contributed by atoms with Gasteiger partial charge in [0.25, 0.3) is 5.91 Å². The number of rotatable bonds is 4. The number of aromatic amines is 1. The number of esters is 1. The molecule has 0 saturated carbocycles. The molecular weight excluding hydrogens is 490 g/mol. The van der Waals surface area contributed by atoms with E-state index < -0.39 is 27.4 Å². The number of carbonyl (C=O) groups is 2. The van der Waals surface area contributed by atoms with E-state index in [4.69, 9.17) is 4.74 Å². The van der Waals surface area contributed by atoms with Crippen LogP contribution in [-0.4, -0.2) is 56.3 Å². The maximum absolute atomic E-state index is 13.8. The summed E-state index contributed by atoms with van der Waals surface area (Å²) >= 11 is 0. The highest BCUT2D eigenvalue weighted by molar-refractivity contribution is 7.90. The van der Waals surface area contributed by atoms with Crippen LogP contribution in [0.25, 0.3) is 10.9 Å². The highest BCUT2D eigenvalue weighted by Gasteiger charge is 2.58. The number of para-hydroxylation sites is 2. The lowest BCUT2D eigenvalue weighted by molar-refractivity contribution is 0.0592.